The smallest absolute Gasteiger partial charge is 0.119 e. The highest BCUT2D eigenvalue weighted by Crippen LogP contribution is 2.17. The van der Waals surface area contributed by atoms with Gasteiger partial charge in [0.15, 0.2) is 0 Å². The molecule has 0 aliphatic carbocycles. The van der Waals surface area contributed by atoms with E-state index in [1.54, 1.807) is 0 Å². The third-order valence-corrected chi connectivity index (χ3v) is 2.52. The molecule has 0 amide bonds. The number of halogens is 1. The van der Waals surface area contributed by atoms with Crippen molar-refractivity contribution in [3.8, 4) is 5.75 Å². The molecule has 1 aromatic carbocycles. The minimum atomic E-state index is 0.400. The number of benzene rings is 1. The number of ether oxygens (including phenoxy) is 1. The van der Waals surface area contributed by atoms with E-state index in [0.29, 0.717) is 18.4 Å². The van der Waals surface area contributed by atoms with Crippen LogP contribution in [-0.2, 0) is 0 Å². The number of aryl methyl sites for hydroxylation is 2. The zero-order valence-electron chi connectivity index (χ0n) is 9.01. The van der Waals surface area contributed by atoms with Crippen LogP contribution in [0.15, 0.2) is 18.2 Å². The SMILES string of the molecule is Cc1cc(C)cc(OCC(C)CCl)c1. The number of rotatable bonds is 4. The second-order valence-electron chi connectivity index (χ2n) is 3.89. The van der Waals surface area contributed by atoms with Crippen molar-refractivity contribution in [1.82, 2.24) is 0 Å². The van der Waals surface area contributed by atoms with E-state index in [2.05, 4.69) is 26.8 Å². The molecule has 0 N–H and O–H groups in total. The van der Waals surface area contributed by atoms with Crippen LogP contribution in [0.25, 0.3) is 0 Å². The van der Waals surface area contributed by atoms with E-state index < -0.39 is 0 Å². The Labute approximate surface area is 91.0 Å². The van der Waals surface area contributed by atoms with Crippen LogP contribution in [0.1, 0.15) is 18.1 Å². The van der Waals surface area contributed by atoms with Crippen LogP contribution in [0, 0.1) is 19.8 Å². The first-order valence-electron chi connectivity index (χ1n) is 4.89. The van der Waals surface area contributed by atoms with E-state index in [4.69, 9.17) is 16.3 Å². The molecule has 0 saturated heterocycles. The minimum absolute atomic E-state index is 0.400. The Bertz CT molecular complexity index is 276. The maximum atomic E-state index is 5.70. The summed E-state index contributed by atoms with van der Waals surface area (Å²) in [7, 11) is 0. The first kappa shape index (κ1) is 11.4. The van der Waals surface area contributed by atoms with Crippen LogP contribution < -0.4 is 4.74 Å². The summed E-state index contributed by atoms with van der Waals surface area (Å²) in [5, 5.41) is 0. The molecule has 0 aliphatic rings. The van der Waals surface area contributed by atoms with Gasteiger partial charge in [-0.3, -0.25) is 0 Å². The quantitative estimate of drug-likeness (QED) is 0.694. The predicted octanol–water partition coefficient (Wildman–Crippen LogP) is 3.56. The number of hydrogen-bond donors (Lipinski definition) is 0. The first-order chi connectivity index (χ1) is 6.61. The summed E-state index contributed by atoms with van der Waals surface area (Å²) in [5.74, 6) is 1.99. The Kier molecular flexibility index (Phi) is 4.27. The second kappa shape index (κ2) is 5.26. The van der Waals surface area contributed by atoms with E-state index >= 15 is 0 Å². The molecule has 0 heterocycles. The van der Waals surface area contributed by atoms with Crippen LogP contribution in [-0.4, -0.2) is 12.5 Å². The van der Waals surface area contributed by atoms with Gasteiger partial charge in [-0.25, -0.2) is 0 Å². The third kappa shape index (κ3) is 3.59. The molecule has 0 bridgehead atoms. The highest BCUT2D eigenvalue weighted by atomic mass is 35.5. The first-order valence-corrected chi connectivity index (χ1v) is 5.42. The fourth-order valence-electron chi connectivity index (χ4n) is 1.30. The van der Waals surface area contributed by atoms with Gasteiger partial charge in [0.1, 0.15) is 5.75 Å². The lowest BCUT2D eigenvalue weighted by Crippen LogP contribution is -2.09. The van der Waals surface area contributed by atoms with Crippen molar-refractivity contribution >= 4 is 11.6 Å². The lowest BCUT2D eigenvalue weighted by molar-refractivity contribution is 0.272. The molecular weight excluding hydrogens is 196 g/mol. The molecular formula is C12H17ClO. The predicted molar refractivity (Wildman–Crippen MR) is 61.3 cm³/mol. The summed E-state index contributed by atoms with van der Waals surface area (Å²) in [5.41, 5.74) is 2.47. The normalized spacial score (nSPS) is 12.6. The molecule has 0 spiro atoms. The zero-order valence-corrected chi connectivity index (χ0v) is 9.77. The van der Waals surface area contributed by atoms with Gasteiger partial charge in [0.25, 0.3) is 0 Å². The summed E-state index contributed by atoms with van der Waals surface area (Å²) in [4.78, 5) is 0. The van der Waals surface area contributed by atoms with E-state index in [1.807, 2.05) is 12.1 Å². The van der Waals surface area contributed by atoms with Crippen LogP contribution in [0.5, 0.6) is 5.75 Å². The molecule has 0 aromatic heterocycles. The highest BCUT2D eigenvalue weighted by Gasteiger charge is 2.02. The average molecular weight is 213 g/mol. The lowest BCUT2D eigenvalue weighted by Gasteiger charge is -2.11. The van der Waals surface area contributed by atoms with E-state index in [-0.39, 0.29) is 0 Å². The Morgan fingerprint density at radius 1 is 1.21 bits per heavy atom. The molecule has 1 atom stereocenters. The molecule has 2 heteroatoms. The van der Waals surface area contributed by atoms with Crippen molar-refractivity contribution in [2.45, 2.75) is 20.8 Å². The Morgan fingerprint density at radius 3 is 2.29 bits per heavy atom. The highest BCUT2D eigenvalue weighted by molar-refractivity contribution is 6.18. The fourth-order valence-corrected chi connectivity index (χ4v) is 1.39. The van der Waals surface area contributed by atoms with Crippen molar-refractivity contribution in [2.24, 2.45) is 5.92 Å². The average Bonchev–Trinajstić information content (AvgIpc) is 2.12. The van der Waals surface area contributed by atoms with Crippen LogP contribution >= 0.6 is 11.6 Å². The molecule has 78 valence electrons. The van der Waals surface area contributed by atoms with Crippen molar-refractivity contribution in [3.05, 3.63) is 29.3 Å². The maximum Gasteiger partial charge on any atom is 0.119 e. The van der Waals surface area contributed by atoms with Crippen LogP contribution in [0.4, 0.5) is 0 Å². The van der Waals surface area contributed by atoms with Gasteiger partial charge in [0, 0.05) is 11.8 Å². The van der Waals surface area contributed by atoms with Gasteiger partial charge >= 0.3 is 0 Å². The van der Waals surface area contributed by atoms with Crippen molar-refractivity contribution < 1.29 is 4.74 Å². The molecule has 1 aromatic rings. The molecule has 1 rings (SSSR count). The monoisotopic (exact) mass is 212 g/mol. The third-order valence-electron chi connectivity index (χ3n) is 1.99. The fraction of sp³-hybridized carbons (Fsp3) is 0.500. The van der Waals surface area contributed by atoms with Gasteiger partial charge in [0.05, 0.1) is 6.61 Å². The lowest BCUT2D eigenvalue weighted by atomic mass is 10.1. The standard InChI is InChI=1S/C12H17ClO/c1-9-4-10(2)6-12(5-9)14-8-11(3)7-13/h4-6,11H,7-8H2,1-3H3. The van der Waals surface area contributed by atoms with Crippen molar-refractivity contribution in [1.29, 1.82) is 0 Å². The molecule has 0 fully saturated rings. The topological polar surface area (TPSA) is 9.23 Å². The van der Waals surface area contributed by atoms with Gasteiger partial charge in [-0.15, -0.1) is 11.6 Å². The number of hydrogen-bond acceptors (Lipinski definition) is 1. The molecule has 14 heavy (non-hydrogen) atoms. The zero-order chi connectivity index (χ0) is 10.6. The summed E-state index contributed by atoms with van der Waals surface area (Å²) in [6.45, 7) is 6.91. The van der Waals surface area contributed by atoms with Gasteiger partial charge in [-0.2, -0.15) is 0 Å². The second-order valence-corrected chi connectivity index (χ2v) is 4.20. The Balaban J connectivity index is 2.58. The molecule has 1 nitrogen and oxygen atoms in total. The van der Waals surface area contributed by atoms with Crippen molar-refractivity contribution in [2.75, 3.05) is 12.5 Å². The summed E-state index contributed by atoms with van der Waals surface area (Å²) >= 11 is 5.70. The van der Waals surface area contributed by atoms with Crippen molar-refractivity contribution in [3.63, 3.8) is 0 Å². The minimum Gasteiger partial charge on any atom is -0.493 e. The van der Waals surface area contributed by atoms with Gasteiger partial charge in [-0.1, -0.05) is 13.0 Å². The van der Waals surface area contributed by atoms with Gasteiger partial charge in [0.2, 0.25) is 0 Å². The number of alkyl halides is 1. The maximum absolute atomic E-state index is 5.70. The van der Waals surface area contributed by atoms with Crippen LogP contribution in [0.3, 0.4) is 0 Å². The Morgan fingerprint density at radius 2 is 1.79 bits per heavy atom. The van der Waals surface area contributed by atoms with Gasteiger partial charge in [-0.05, 0) is 37.1 Å². The molecule has 1 unspecified atom stereocenters. The van der Waals surface area contributed by atoms with E-state index in [9.17, 15) is 0 Å². The van der Waals surface area contributed by atoms with Crippen LogP contribution in [0.2, 0.25) is 0 Å². The van der Waals surface area contributed by atoms with E-state index in [1.165, 1.54) is 11.1 Å². The largest absolute Gasteiger partial charge is 0.493 e. The van der Waals surface area contributed by atoms with E-state index in [0.717, 1.165) is 5.75 Å². The summed E-state index contributed by atoms with van der Waals surface area (Å²) in [6.07, 6.45) is 0. The summed E-state index contributed by atoms with van der Waals surface area (Å²) < 4.78 is 5.64. The molecule has 0 aliphatic heterocycles. The summed E-state index contributed by atoms with van der Waals surface area (Å²) in [6, 6.07) is 6.24. The molecule has 0 saturated carbocycles. The Hall–Kier alpha value is -0.690. The van der Waals surface area contributed by atoms with Gasteiger partial charge < -0.3 is 4.74 Å². The molecule has 0 radical (unpaired) electrons.